The van der Waals surface area contributed by atoms with Crippen LogP contribution in [0.15, 0.2) is 33.5 Å². The Morgan fingerprint density at radius 2 is 2.06 bits per heavy atom. The van der Waals surface area contributed by atoms with E-state index in [1.807, 2.05) is 12.3 Å². The van der Waals surface area contributed by atoms with Crippen LogP contribution in [0.3, 0.4) is 0 Å². The van der Waals surface area contributed by atoms with Crippen LogP contribution in [0.4, 0.5) is 5.13 Å². The first kappa shape index (κ1) is 20.3. The predicted octanol–water partition coefficient (Wildman–Crippen LogP) is 4.42. The number of aromatic amines is 1. The van der Waals surface area contributed by atoms with Gasteiger partial charge in [-0.3, -0.25) is 14.9 Å². The maximum absolute atomic E-state index is 12.9. The van der Waals surface area contributed by atoms with Crippen LogP contribution in [-0.2, 0) is 17.6 Å². The summed E-state index contributed by atoms with van der Waals surface area (Å²) >= 11 is 3.96. The minimum Gasteiger partial charge on any atom is -0.301 e. The molecule has 3 heterocycles. The fourth-order valence-electron chi connectivity index (χ4n) is 3.75. The smallest absolute Gasteiger partial charge is 0.260 e. The monoisotopic (exact) mass is 469 g/mol. The van der Waals surface area contributed by atoms with Gasteiger partial charge in [0.05, 0.1) is 11.1 Å². The van der Waals surface area contributed by atoms with Crippen molar-refractivity contribution in [3.63, 3.8) is 0 Å². The zero-order valence-corrected chi connectivity index (χ0v) is 19.2. The molecule has 0 aliphatic heterocycles. The number of thioether (sulfide) groups is 1. The van der Waals surface area contributed by atoms with Gasteiger partial charge in [0.2, 0.25) is 11.0 Å². The van der Waals surface area contributed by atoms with Gasteiger partial charge in [0.15, 0.2) is 5.16 Å². The molecule has 0 unspecified atom stereocenters. The second kappa shape index (κ2) is 8.52. The Morgan fingerprint density at radius 3 is 2.87 bits per heavy atom. The van der Waals surface area contributed by atoms with Gasteiger partial charge in [-0.1, -0.05) is 41.3 Å². The van der Waals surface area contributed by atoms with E-state index in [1.165, 1.54) is 58.4 Å². The molecule has 1 aliphatic rings. The molecule has 0 saturated heterocycles. The number of anilines is 1. The van der Waals surface area contributed by atoms with Gasteiger partial charge in [-0.2, -0.15) is 0 Å². The van der Waals surface area contributed by atoms with Crippen molar-refractivity contribution < 1.29 is 4.79 Å². The molecule has 1 aromatic carbocycles. The topological polar surface area (TPSA) is 101 Å². The number of aromatic nitrogens is 4. The van der Waals surface area contributed by atoms with E-state index in [2.05, 4.69) is 43.7 Å². The summed E-state index contributed by atoms with van der Waals surface area (Å²) in [5.74, 6) is -0.0966. The van der Waals surface area contributed by atoms with Crippen molar-refractivity contribution in [2.75, 3.05) is 11.1 Å². The van der Waals surface area contributed by atoms with Gasteiger partial charge in [-0.15, -0.1) is 21.5 Å². The lowest BCUT2D eigenvalue weighted by atomic mass is 9.89. The van der Waals surface area contributed by atoms with Crippen LogP contribution < -0.4 is 10.9 Å². The summed E-state index contributed by atoms with van der Waals surface area (Å²) in [4.78, 5) is 33.1. The minimum absolute atomic E-state index is 0.121. The van der Waals surface area contributed by atoms with Crippen molar-refractivity contribution in [2.45, 2.75) is 37.8 Å². The summed E-state index contributed by atoms with van der Waals surface area (Å²) in [6, 6.07) is 6.52. The van der Waals surface area contributed by atoms with E-state index in [-0.39, 0.29) is 17.2 Å². The van der Waals surface area contributed by atoms with Crippen LogP contribution in [0, 0.1) is 6.92 Å². The van der Waals surface area contributed by atoms with Gasteiger partial charge in [0, 0.05) is 10.9 Å². The van der Waals surface area contributed by atoms with E-state index in [4.69, 9.17) is 0 Å². The third kappa shape index (κ3) is 4.28. The Balaban J connectivity index is 1.36. The molecule has 0 saturated carbocycles. The molecule has 31 heavy (non-hydrogen) atoms. The molecule has 7 nitrogen and oxygen atoms in total. The molecule has 1 amide bonds. The molecule has 0 atom stereocenters. The van der Waals surface area contributed by atoms with E-state index in [1.54, 1.807) is 0 Å². The van der Waals surface area contributed by atoms with Crippen LogP contribution >= 0.6 is 34.4 Å². The highest BCUT2D eigenvalue weighted by atomic mass is 32.2. The van der Waals surface area contributed by atoms with E-state index in [0.717, 1.165) is 29.0 Å². The van der Waals surface area contributed by atoms with E-state index < -0.39 is 0 Å². The Hall–Kier alpha value is -2.56. The SMILES string of the molecule is Cc1nnc(NC(=O)CSc2nc3scc(-c4ccc5c(c4)CCCC5)c3c(=O)[nH]2)s1. The number of carbonyl (C=O) groups is 1. The fourth-order valence-corrected chi connectivity index (χ4v) is 6.02. The van der Waals surface area contributed by atoms with Crippen LogP contribution in [0.25, 0.3) is 21.3 Å². The minimum atomic E-state index is -0.218. The van der Waals surface area contributed by atoms with Crippen molar-refractivity contribution in [3.05, 3.63) is 50.1 Å². The number of fused-ring (bicyclic) bond motifs is 2. The first-order chi connectivity index (χ1) is 15.1. The van der Waals surface area contributed by atoms with Gasteiger partial charge < -0.3 is 4.98 Å². The van der Waals surface area contributed by atoms with E-state index >= 15 is 0 Å². The van der Waals surface area contributed by atoms with Crippen LogP contribution in [-0.4, -0.2) is 31.8 Å². The second-order valence-corrected chi connectivity index (χ2v) is 10.4. The summed E-state index contributed by atoms with van der Waals surface area (Å²) in [7, 11) is 0. The van der Waals surface area contributed by atoms with Crippen molar-refractivity contribution in [2.24, 2.45) is 0 Å². The first-order valence-electron chi connectivity index (χ1n) is 9.93. The molecule has 10 heteroatoms. The molecule has 158 valence electrons. The summed E-state index contributed by atoms with van der Waals surface area (Å²) in [6.45, 7) is 1.82. The van der Waals surface area contributed by atoms with Crippen molar-refractivity contribution in [3.8, 4) is 11.1 Å². The Labute approximate surface area is 190 Å². The summed E-state index contributed by atoms with van der Waals surface area (Å²) in [5, 5.41) is 14.7. The summed E-state index contributed by atoms with van der Waals surface area (Å²) in [5.41, 5.74) is 4.61. The highest BCUT2D eigenvalue weighted by Gasteiger charge is 2.16. The van der Waals surface area contributed by atoms with Gasteiger partial charge in [-0.25, -0.2) is 4.98 Å². The lowest BCUT2D eigenvalue weighted by Gasteiger charge is -2.16. The number of H-pyrrole nitrogens is 1. The number of hydrogen-bond donors (Lipinski definition) is 2. The van der Waals surface area contributed by atoms with Gasteiger partial charge in [0.1, 0.15) is 9.84 Å². The molecule has 0 spiro atoms. The highest BCUT2D eigenvalue weighted by Crippen LogP contribution is 2.34. The molecular formula is C21H19N5O2S3. The molecular weight excluding hydrogens is 450 g/mol. The first-order valence-corrected chi connectivity index (χ1v) is 12.6. The number of benzene rings is 1. The molecule has 0 radical (unpaired) electrons. The molecule has 1 aliphatic carbocycles. The average Bonchev–Trinajstić information content (AvgIpc) is 3.38. The number of aryl methyl sites for hydroxylation is 3. The van der Waals surface area contributed by atoms with Crippen molar-refractivity contribution in [1.82, 2.24) is 20.2 Å². The normalized spacial score (nSPS) is 13.3. The number of carbonyl (C=O) groups excluding carboxylic acids is 1. The fraction of sp³-hybridized carbons (Fsp3) is 0.286. The third-order valence-corrected chi connectivity index (χ3v) is 7.69. The third-order valence-electron chi connectivity index (χ3n) is 5.19. The van der Waals surface area contributed by atoms with E-state index in [9.17, 15) is 9.59 Å². The largest absolute Gasteiger partial charge is 0.301 e. The lowest BCUT2D eigenvalue weighted by Crippen LogP contribution is -2.15. The van der Waals surface area contributed by atoms with Crippen LogP contribution in [0.1, 0.15) is 29.0 Å². The number of nitrogens with one attached hydrogen (secondary N) is 2. The highest BCUT2D eigenvalue weighted by molar-refractivity contribution is 7.99. The summed E-state index contributed by atoms with van der Waals surface area (Å²) < 4.78 is 0. The molecule has 0 fully saturated rings. The van der Waals surface area contributed by atoms with Gasteiger partial charge in [-0.05, 0) is 49.3 Å². The summed E-state index contributed by atoms with van der Waals surface area (Å²) in [6.07, 6.45) is 4.69. The van der Waals surface area contributed by atoms with E-state index in [0.29, 0.717) is 20.5 Å². The number of thiophene rings is 1. The predicted molar refractivity (Wildman–Crippen MR) is 126 cm³/mol. The Morgan fingerprint density at radius 1 is 1.23 bits per heavy atom. The molecule has 3 aromatic heterocycles. The number of hydrogen-bond acceptors (Lipinski definition) is 8. The van der Waals surface area contributed by atoms with Crippen LogP contribution in [0.5, 0.6) is 0 Å². The molecule has 0 bridgehead atoms. The van der Waals surface area contributed by atoms with Crippen molar-refractivity contribution >= 4 is 55.7 Å². The standard InChI is InChI=1S/C21H19N5O2S3/c1-11-25-26-21(31-11)22-16(27)10-30-20-23-18(28)17-15(9-29-19(17)24-20)14-7-6-12-4-2-3-5-13(12)8-14/h6-9H,2-5,10H2,1H3,(H,22,26,27)(H,23,24,28). The van der Waals surface area contributed by atoms with Gasteiger partial charge in [0.25, 0.3) is 5.56 Å². The Bertz CT molecular complexity index is 1340. The zero-order valence-electron chi connectivity index (χ0n) is 16.7. The second-order valence-electron chi connectivity index (χ2n) is 7.35. The number of nitrogens with zero attached hydrogens (tertiary/aromatic N) is 3. The number of amides is 1. The zero-order chi connectivity index (χ0) is 21.4. The number of rotatable bonds is 5. The lowest BCUT2D eigenvalue weighted by molar-refractivity contribution is -0.113. The average molecular weight is 470 g/mol. The van der Waals surface area contributed by atoms with Gasteiger partial charge >= 0.3 is 0 Å². The molecule has 2 N–H and O–H groups in total. The van der Waals surface area contributed by atoms with Crippen LogP contribution in [0.2, 0.25) is 0 Å². The molecule has 5 rings (SSSR count). The maximum Gasteiger partial charge on any atom is 0.260 e. The van der Waals surface area contributed by atoms with Crippen molar-refractivity contribution in [1.29, 1.82) is 0 Å². The quantitative estimate of drug-likeness (QED) is 0.331. The maximum atomic E-state index is 12.9. The molecule has 4 aromatic rings. The Kier molecular flexibility index (Phi) is 5.59.